The van der Waals surface area contributed by atoms with Crippen molar-refractivity contribution in [2.24, 2.45) is 0 Å². The monoisotopic (exact) mass is 428 g/mol. The lowest BCUT2D eigenvalue weighted by molar-refractivity contribution is -0.137. The summed E-state index contributed by atoms with van der Waals surface area (Å²) in [6, 6.07) is 5.98. The molecule has 0 radical (unpaired) electrons. The highest BCUT2D eigenvalue weighted by atomic mass is 19.1. The number of para-hydroxylation sites is 1. The van der Waals surface area contributed by atoms with Gasteiger partial charge < -0.3 is 26.0 Å². The van der Waals surface area contributed by atoms with Crippen LogP contribution in [0.2, 0.25) is 0 Å². The quantitative estimate of drug-likeness (QED) is 0.660. The number of carboxylic acids is 1. The number of nitrogens with one attached hydrogen (secondary N) is 1. The number of nitrogens with zero attached hydrogens (tertiary/aromatic N) is 4. The molecule has 2 atom stereocenters. The van der Waals surface area contributed by atoms with Gasteiger partial charge in [-0.1, -0.05) is 12.1 Å². The minimum atomic E-state index is -1.04. The van der Waals surface area contributed by atoms with Crippen molar-refractivity contribution in [3.63, 3.8) is 0 Å². The zero-order valence-electron chi connectivity index (χ0n) is 17.0. The lowest BCUT2D eigenvalue weighted by Crippen LogP contribution is -2.56. The molecule has 4 rings (SSSR count). The number of benzene rings is 1. The van der Waals surface area contributed by atoms with Gasteiger partial charge in [-0.3, -0.25) is 4.79 Å². The summed E-state index contributed by atoms with van der Waals surface area (Å²) < 4.78 is 14.4. The van der Waals surface area contributed by atoms with Gasteiger partial charge >= 0.3 is 5.97 Å². The zero-order valence-corrected chi connectivity index (χ0v) is 17.0. The second kappa shape index (κ2) is 8.75. The normalized spacial score (nSPS) is 21.8. The van der Waals surface area contributed by atoms with Crippen molar-refractivity contribution in [3.8, 4) is 0 Å². The molecule has 2 fully saturated rings. The van der Waals surface area contributed by atoms with E-state index >= 15 is 0 Å². The van der Waals surface area contributed by atoms with Crippen LogP contribution in [-0.2, 0) is 4.79 Å². The second-order valence-electron chi connectivity index (χ2n) is 7.86. The summed E-state index contributed by atoms with van der Waals surface area (Å²) in [6.45, 7) is 1.70. The van der Waals surface area contributed by atoms with Crippen LogP contribution in [0.3, 0.4) is 0 Å². The highest BCUT2D eigenvalue weighted by Crippen LogP contribution is 2.28. The molecule has 0 aliphatic carbocycles. The molecular weight excluding hydrogens is 403 g/mol. The van der Waals surface area contributed by atoms with Crippen LogP contribution in [0.1, 0.15) is 36.0 Å². The van der Waals surface area contributed by atoms with Gasteiger partial charge in [-0.15, -0.1) is 0 Å². The Morgan fingerprint density at radius 3 is 2.77 bits per heavy atom. The number of halogens is 1. The average molecular weight is 428 g/mol. The molecule has 2 saturated heterocycles. The van der Waals surface area contributed by atoms with Gasteiger partial charge in [0.15, 0.2) is 11.6 Å². The van der Waals surface area contributed by atoms with Crippen LogP contribution in [0.5, 0.6) is 0 Å². The number of aromatic carboxylic acids is 1. The van der Waals surface area contributed by atoms with Gasteiger partial charge in [0.2, 0.25) is 11.7 Å². The summed E-state index contributed by atoms with van der Waals surface area (Å²) in [5, 5.41) is 12.5. The number of rotatable bonds is 5. The molecule has 1 unspecified atom stereocenters. The van der Waals surface area contributed by atoms with E-state index in [0.717, 1.165) is 19.3 Å². The zero-order chi connectivity index (χ0) is 22.0. The fourth-order valence-corrected chi connectivity index (χ4v) is 4.37. The third-order valence-corrected chi connectivity index (χ3v) is 5.90. The number of hydrogen-bond donors (Lipinski definition) is 3. The number of likely N-dealkylation sites (tertiary alicyclic amines) is 1. The molecule has 9 nitrogen and oxygen atoms in total. The van der Waals surface area contributed by atoms with E-state index in [9.17, 15) is 19.1 Å². The molecule has 1 aromatic carbocycles. The summed E-state index contributed by atoms with van der Waals surface area (Å²) in [5.74, 6) is -1.79. The van der Waals surface area contributed by atoms with Crippen molar-refractivity contribution >= 4 is 29.2 Å². The van der Waals surface area contributed by atoms with Crippen LogP contribution >= 0.6 is 0 Å². The molecule has 2 aromatic rings. The summed E-state index contributed by atoms with van der Waals surface area (Å²) in [5.41, 5.74) is 6.15. The Labute approximate surface area is 179 Å². The molecule has 2 aliphatic rings. The molecule has 2 aliphatic heterocycles. The molecule has 164 valence electrons. The van der Waals surface area contributed by atoms with Gasteiger partial charge in [-0.25, -0.2) is 14.8 Å². The SMILES string of the molecule is Nc1ncnc(N2CCC[C@@H](N3CCCC(Nc4ccccc4C(=O)O)C3=O)C2)c1F. The maximum Gasteiger partial charge on any atom is 0.337 e. The van der Waals surface area contributed by atoms with Crippen LogP contribution in [0, 0.1) is 5.82 Å². The van der Waals surface area contributed by atoms with Crippen LogP contribution < -0.4 is 16.0 Å². The minimum Gasteiger partial charge on any atom is -0.478 e. The van der Waals surface area contributed by atoms with Crippen molar-refractivity contribution in [2.75, 3.05) is 35.6 Å². The largest absolute Gasteiger partial charge is 0.478 e. The second-order valence-corrected chi connectivity index (χ2v) is 7.86. The minimum absolute atomic E-state index is 0.0686. The lowest BCUT2D eigenvalue weighted by Gasteiger charge is -2.43. The number of carbonyl (C=O) groups excluding carboxylic acids is 1. The number of amides is 1. The lowest BCUT2D eigenvalue weighted by atomic mass is 9.97. The van der Waals surface area contributed by atoms with E-state index < -0.39 is 17.8 Å². The fourth-order valence-electron chi connectivity index (χ4n) is 4.37. The van der Waals surface area contributed by atoms with Crippen molar-refractivity contribution in [1.29, 1.82) is 0 Å². The summed E-state index contributed by atoms with van der Waals surface area (Å²) in [4.78, 5) is 36.1. The molecule has 31 heavy (non-hydrogen) atoms. The summed E-state index contributed by atoms with van der Waals surface area (Å²) in [7, 11) is 0. The number of hydrogen-bond acceptors (Lipinski definition) is 7. The first-order chi connectivity index (χ1) is 15.0. The van der Waals surface area contributed by atoms with Crippen LogP contribution in [0.25, 0.3) is 0 Å². The Morgan fingerprint density at radius 1 is 1.19 bits per heavy atom. The van der Waals surface area contributed by atoms with E-state index in [4.69, 9.17) is 5.73 Å². The fraction of sp³-hybridized carbons (Fsp3) is 0.429. The molecule has 0 spiro atoms. The van der Waals surface area contributed by atoms with Crippen LogP contribution in [0.15, 0.2) is 30.6 Å². The van der Waals surface area contributed by atoms with E-state index in [1.807, 2.05) is 9.80 Å². The predicted molar refractivity (Wildman–Crippen MR) is 113 cm³/mol. The number of anilines is 3. The van der Waals surface area contributed by atoms with Crippen molar-refractivity contribution in [1.82, 2.24) is 14.9 Å². The molecule has 1 aromatic heterocycles. The van der Waals surface area contributed by atoms with Crippen molar-refractivity contribution in [2.45, 2.75) is 37.8 Å². The molecule has 4 N–H and O–H groups in total. The molecular formula is C21H25FN6O3. The molecule has 10 heteroatoms. The van der Waals surface area contributed by atoms with Gasteiger partial charge in [0.05, 0.1) is 5.56 Å². The molecule has 0 bridgehead atoms. The molecule has 3 heterocycles. The summed E-state index contributed by atoms with van der Waals surface area (Å²) in [6.07, 6.45) is 4.25. The van der Waals surface area contributed by atoms with E-state index in [0.29, 0.717) is 31.7 Å². The Morgan fingerprint density at radius 2 is 1.97 bits per heavy atom. The average Bonchev–Trinajstić information content (AvgIpc) is 2.77. The maximum atomic E-state index is 14.4. The first kappa shape index (κ1) is 20.8. The number of carboxylic acid groups (broad SMARTS) is 1. The van der Waals surface area contributed by atoms with E-state index in [1.54, 1.807) is 18.2 Å². The molecule has 1 amide bonds. The molecule has 0 saturated carbocycles. The van der Waals surface area contributed by atoms with Gasteiger partial charge in [0, 0.05) is 31.4 Å². The van der Waals surface area contributed by atoms with Gasteiger partial charge in [0.25, 0.3) is 0 Å². The Bertz CT molecular complexity index is 987. The predicted octanol–water partition coefficient (Wildman–Crippen LogP) is 1.97. The highest BCUT2D eigenvalue weighted by Gasteiger charge is 2.36. The van der Waals surface area contributed by atoms with E-state index in [1.165, 1.54) is 12.4 Å². The van der Waals surface area contributed by atoms with E-state index in [2.05, 4.69) is 15.3 Å². The standard InChI is InChI=1S/C21H25FN6O3/c22-17-18(23)24-12-25-19(17)27-9-3-5-13(11-27)28-10-4-8-16(20(28)29)26-15-7-2-1-6-14(15)21(30)31/h1-2,6-7,12-13,16,26H,3-5,8-11H2,(H,30,31)(H2,23,24,25)/t13-,16?/m1/s1. The Hall–Kier alpha value is -3.43. The Balaban J connectivity index is 1.49. The smallest absolute Gasteiger partial charge is 0.337 e. The van der Waals surface area contributed by atoms with E-state index in [-0.39, 0.29) is 29.1 Å². The third kappa shape index (κ3) is 4.23. The maximum absolute atomic E-state index is 14.4. The van der Waals surface area contributed by atoms with Gasteiger partial charge in [-0.2, -0.15) is 4.39 Å². The number of carbonyl (C=O) groups is 2. The van der Waals surface area contributed by atoms with Crippen molar-refractivity contribution < 1.29 is 19.1 Å². The highest BCUT2D eigenvalue weighted by molar-refractivity contribution is 5.95. The number of nitrogen functional groups attached to an aromatic ring is 1. The first-order valence-corrected chi connectivity index (χ1v) is 10.4. The Kier molecular flexibility index (Phi) is 5.88. The first-order valence-electron chi connectivity index (χ1n) is 10.4. The topological polar surface area (TPSA) is 125 Å². The van der Waals surface area contributed by atoms with Crippen molar-refractivity contribution in [3.05, 3.63) is 42.0 Å². The summed E-state index contributed by atoms with van der Waals surface area (Å²) >= 11 is 0. The third-order valence-electron chi connectivity index (χ3n) is 5.90. The number of piperidine rings is 2. The van der Waals surface area contributed by atoms with Crippen LogP contribution in [0.4, 0.5) is 21.7 Å². The van der Waals surface area contributed by atoms with Gasteiger partial charge in [-0.05, 0) is 37.8 Å². The van der Waals surface area contributed by atoms with Gasteiger partial charge in [0.1, 0.15) is 12.4 Å². The number of nitrogens with two attached hydrogens (primary N) is 1. The number of aromatic nitrogens is 2. The van der Waals surface area contributed by atoms with Crippen LogP contribution in [-0.4, -0.2) is 63.6 Å².